The van der Waals surface area contributed by atoms with Crippen molar-refractivity contribution >= 4 is 17.5 Å². The van der Waals surface area contributed by atoms with Gasteiger partial charge in [0.25, 0.3) is 0 Å². The first kappa shape index (κ1) is 20.2. The molecule has 0 fully saturated rings. The van der Waals surface area contributed by atoms with Crippen LogP contribution >= 0.6 is 11.8 Å². The number of hydrogen-bond donors (Lipinski definition) is 0. The average molecular weight is 401 g/mol. The molecular weight excluding hydrogens is 380 g/mol. The van der Waals surface area contributed by atoms with Gasteiger partial charge in [-0.15, -0.1) is 10.2 Å². The molecule has 0 aliphatic rings. The average Bonchev–Trinajstić information content (AvgIpc) is 3.02. The van der Waals surface area contributed by atoms with Gasteiger partial charge in [0.2, 0.25) is 0 Å². The molecule has 0 saturated carbocycles. The molecule has 3 aromatic rings. The number of carbonyl (C=O) groups excluding carboxylic acids is 1. The summed E-state index contributed by atoms with van der Waals surface area (Å²) in [5.74, 6) is -1.55. The van der Waals surface area contributed by atoms with E-state index in [-0.39, 0.29) is 22.5 Å². The molecule has 3 rings (SSSR count). The standard InChI is InChI=1S/C21H21F2N3OS/c1-21(2,3)15-8-5-13(6-9-15)19-24-25-20(26(19)4)28-12-18(27)14-7-10-16(22)17(23)11-14/h5-11H,12H2,1-4H3. The van der Waals surface area contributed by atoms with E-state index >= 15 is 0 Å². The minimum atomic E-state index is -1.03. The van der Waals surface area contributed by atoms with E-state index in [0.717, 1.165) is 17.7 Å². The third-order valence-corrected chi connectivity index (χ3v) is 5.44. The zero-order valence-corrected chi connectivity index (χ0v) is 17.0. The molecule has 0 unspecified atom stereocenters. The Morgan fingerprint density at radius 3 is 2.32 bits per heavy atom. The Balaban J connectivity index is 1.72. The highest BCUT2D eigenvalue weighted by Crippen LogP contribution is 2.27. The molecule has 0 amide bonds. The van der Waals surface area contributed by atoms with Gasteiger partial charge < -0.3 is 4.57 Å². The predicted octanol–water partition coefficient (Wildman–Crippen LogP) is 5.03. The van der Waals surface area contributed by atoms with Gasteiger partial charge in [0.05, 0.1) is 5.75 Å². The van der Waals surface area contributed by atoms with Crippen LogP contribution in [0.2, 0.25) is 0 Å². The Morgan fingerprint density at radius 1 is 1.04 bits per heavy atom. The third kappa shape index (κ3) is 4.30. The molecular formula is C21H21F2N3OS. The van der Waals surface area contributed by atoms with Crippen molar-refractivity contribution in [2.45, 2.75) is 31.3 Å². The quantitative estimate of drug-likeness (QED) is 0.444. The Labute approximate surface area is 167 Å². The summed E-state index contributed by atoms with van der Waals surface area (Å²) in [5.41, 5.74) is 2.36. The summed E-state index contributed by atoms with van der Waals surface area (Å²) in [5, 5.41) is 8.95. The molecule has 0 N–H and O–H groups in total. The maximum Gasteiger partial charge on any atom is 0.191 e. The van der Waals surface area contributed by atoms with Gasteiger partial charge in [-0.25, -0.2) is 8.78 Å². The molecule has 0 aliphatic carbocycles. The van der Waals surface area contributed by atoms with Crippen LogP contribution in [-0.4, -0.2) is 26.3 Å². The summed E-state index contributed by atoms with van der Waals surface area (Å²) in [6.07, 6.45) is 0. The number of Topliss-reactive ketones (excluding diaryl/α,β-unsaturated/α-hetero) is 1. The van der Waals surface area contributed by atoms with Gasteiger partial charge >= 0.3 is 0 Å². The van der Waals surface area contributed by atoms with Crippen LogP contribution in [0.1, 0.15) is 36.7 Å². The van der Waals surface area contributed by atoms with Gasteiger partial charge in [0, 0.05) is 18.2 Å². The Kier molecular flexibility index (Phi) is 5.65. The van der Waals surface area contributed by atoms with Crippen LogP contribution in [0.3, 0.4) is 0 Å². The lowest BCUT2D eigenvalue weighted by atomic mass is 9.87. The number of hydrogen-bond acceptors (Lipinski definition) is 4. The number of rotatable bonds is 5. The van der Waals surface area contributed by atoms with E-state index in [9.17, 15) is 13.6 Å². The van der Waals surface area contributed by atoms with E-state index in [0.29, 0.717) is 11.0 Å². The Morgan fingerprint density at radius 2 is 1.71 bits per heavy atom. The maximum absolute atomic E-state index is 13.3. The summed E-state index contributed by atoms with van der Waals surface area (Å²) < 4.78 is 28.1. The lowest BCUT2D eigenvalue weighted by molar-refractivity contribution is 0.102. The second-order valence-electron chi connectivity index (χ2n) is 7.53. The molecule has 0 saturated heterocycles. The first-order valence-corrected chi connectivity index (χ1v) is 9.77. The zero-order chi connectivity index (χ0) is 20.5. The summed E-state index contributed by atoms with van der Waals surface area (Å²) in [4.78, 5) is 12.2. The minimum absolute atomic E-state index is 0.0556. The van der Waals surface area contributed by atoms with Crippen molar-refractivity contribution in [2.24, 2.45) is 7.05 Å². The highest BCUT2D eigenvalue weighted by atomic mass is 32.2. The summed E-state index contributed by atoms with van der Waals surface area (Å²) in [6, 6.07) is 11.3. The van der Waals surface area contributed by atoms with E-state index in [4.69, 9.17) is 0 Å². The molecule has 0 radical (unpaired) electrons. The topological polar surface area (TPSA) is 47.8 Å². The van der Waals surface area contributed by atoms with Crippen molar-refractivity contribution in [2.75, 3.05) is 5.75 Å². The van der Waals surface area contributed by atoms with Crippen LogP contribution in [0.4, 0.5) is 8.78 Å². The van der Waals surface area contributed by atoms with Crippen molar-refractivity contribution in [1.29, 1.82) is 0 Å². The van der Waals surface area contributed by atoms with Crippen molar-refractivity contribution in [3.8, 4) is 11.4 Å². The van der Waals surface area contributed by atoms with Crippen molar-refractivity contribution in [3.05, 3.63) is 65.2 Å². The monoisotopic (exact) mass is 401 g/mol. The van der Waals surface area contributed by atoms with Crippen LogP contribution in [0, 0.1) is 11.6 Å². The van der Waals surface area contributed by atoms with Crippen LogP contribution in [0.25, 0.3) is 11.4 Å². The van der Waals surface area contributed by atoms with Gasteiger partial charge in [-0.05, 0) is 29.2 Å². The normalized spacial score (nSPS) is 11.6. The largest absolute Gasteiger partial charge is 0.305 e. The van der Waals surface area contributed by atoms with Gasteiger partial charge in [-0.2, -0.15) is 0 Å². The van der Waals surface area contributed by atoms with E-state index in [1.54, 1.807) is 0 Å². The number of nitrogens with zero attached hydrogens (tertiary/aromatic N) is 3. The molecule has 146 valence electrons. The minimum Gasteiger partial charge on any atom is -0.305 e. The Hall–Kier alpha value is -2.54. The fourth-order valence-electron chi connectivity index (χ4n) is 2.69. The number of carbonyl (C=O) groups is 1. The van der Waals surface area contributed by atoms with E-state index < -0.39 is 11.6 Å². The highest BCUT2D eigenvalue weighted by molar-refractivity contribution is 7.99. The number of halogens is 2. The van der Waals surface area contributed by atoms with E-state index in [1.165, 1.54) is 23.4 Å². The molecule has 1 aromatic heterocycles. The molecule has 0 aliphatic heterocycles. The smallest absolute Gasteiger partial charge is 0.191 e. The zero-order valence-electron chi connectivity index (χ0n) is 16.2. The maximum atomic E-state index is 13.3. The molecule has 0 atom stereocenters. The van der Waals surface area contributed by atoms with Crippen molar-refractivity contribution in [1.82, 2.24) is 14.8 Å². The summed E-state index contributed by atoms with van der Waals surface area (Å²) in [6.45, 7) is 6.47. The molecule has 4 nitrogen and oxygen atoms in total. The molecule has 2 aromatic carbocycles. The number of thioether (sulfide) groups is 1. The number of aromatic nitrogens is 3. The first-order valence-electron chi connectivity index (χ1n) is 8.78. The molecule has 0 bridgehead atoms. The van der Waals surface area contributed by atoms with E-state index in [2.05, 4.69) is 43.1 Å². The van der Waals surface area contributed by atoms with Crippen LogP contribution in [-0.2, 0) is 12.5 Å². The van der Waals surface area contributed by atoms with Gasteiger partial charge in [-0.3, -0.25) is 4.79 Å². The van der Waals surface area contributed by atoms with Gasteiger partial charge in [0.1, 0.15) is 0 Å². The first-order chi connectivity index (χ1) is 13.2. The highest BCUT2D eigenvalue weighted by Gasteiger charge is 2.17. The second-order valence-corrected chi connectivity index (χ2v) is 8.48. The molecule has 28 heavy (non-hydrogen) atoms. The molecule has 0 spiro atoms. The summed E-state index contributed by atoms with van der Waals surface area (Å²) in [7, 11) is 1.83. The summed E-state index contributed by atoms with van der Waals surface area (Å²) >= 11 is 1.21. The van der Waals surface area contributed by atoms with Crippen LogP contribution in [0.15, 0.2) is 47.6 Å². The molecule has 1 heterocycles. The lowest BCUT2D eigenvalue weighted by Gasteiger charge is -2.19. The van der Waals surface area contributed by atoms with Crippen LogP contribution < -0.4 is 0 Å². The fraction of sp³-hybridized carbons (Fsp3) is 0.286. The van der Waals surface area contributed by atoms with Crippen molar-refractivity contribution < 1.29 is 13.6 Å². The van der Waals surface area contributed by atoms with Gasteiger partial charge in [-0.1, -0.05) is 56.8 Å². The van der Waals surface area contributed by atoms with Crippen LogP contribution in [0.5, 0.6) is 0 Å². The van der Waals surface area contributed by atoms with Crippen molar-refractivity contribution in [3.63, 3.8) is 0 Å². The van der Waals surface area contributed by atoms with Gasteiger partial charge in [0.15, 0.2) is 28.4 Å². The third-order valence-electron chi connectivity index (χ3n) is 4.42. The number of ketones is 1. The Bertz CT molecular complexity index is 1010. The molecule has 7 heteroatoms. The number of benzene rings is 2. The fourth-order valence-corrected chi connectivity index (χ4v) is 3.50. The predicted molar refractivity (Wildman–Crippen MR) is 107 cm³/mol. The van der Waals surface area contributed by atoms with E-state index in [1.807, 2.05) is 23.7 Å². The lowest BCUT2D eigenvalue weighted by Crippen LogP contribution is -2.10. The second kappa shape index (κ2) is 7.83. The SMILES string of the molecule is Cn1c(SCC(=O)c2ccc(F)c(F)c2)nnc1-c1ccc(C(C)(C)C)cc1.